The topological polar surface area (TPSA) is 68.0 Å². The Balaban J connectivity index is 2.34. The van der Waals surface area contributed by atoms with Crippen molar-refractivity contribution in [2.45, 2.75) is 19.3 Å². The van der Waals surface area contributed by atoms with Gasteiger partial charge in [-0.05, 0) is 30.9 Å². The van der Waals surface area contributed by atoms with Crippen molar-refractivity contribution < 1.29 is 4.79 Å². The molecule has 1 aromatic heterocycles. The van der Waals surface area contributed by atoms with Gasteiger partial charge in [-0.1, -0.05) is 18.0 Å². The minimum atomic E-state index is -0.195. The summed E-state index contributed by atoms with van der Waals surface area (Å²) < 4.78 is 0. The predicted octanol–water partition coefficient (Wildman–Crippen LogP) is 2.58. The van der Waals surface area contributed by atoms with Gasteiger partial charge in [0.15, 0.2) is 0 Å². The Hall–Kier alpha value is -0.940. The molecule has 3 N–H and O–H groups in total. The molecule has 0 fully saturated rings. The summed E-state index contributed by atoms with van der Waals surface area (Å²) in [5.74, 6) is 1.27. The van der Waals surface area contributed by atoms with Gasteiger partial charge in [0.05, 0.1) is 10.6 Å². The number of halogens is 1. The van der Waals surface area contributed by atoms with E-state index < -0.39 is 0 Å². The lowest BCUT2D eigenvalue weighted by atomic mass is 10.2. The van der Waals surface area contributed by atoms with Crippen LogP contribution in [0.5, 0.6) is 0 Å². The fourth-order valence-corrected chi connectivity index (χ4v) is 2.16. The van der Waals surface area contributed by atoms with Crippen molar-refractivity contribution in [1.29, 1.82) is 0 Å². The molecular formula is C12H18ClN3OS. The van der Waals surface area contributed by atoms with Crippen LogP contribution in [-0.4, -0.2) is 29.4 Å². The van der Waals surface area contributed by atoms with Crippen molar-refractivity contribution in [3.63, 3.8) is 0 Å². The van der Waals surface area contributed by atoms with Crippen molar-refractivity contribution in [2.24, 2.45) is 0 Å². The lowest BCUT2D eigenvalue weighted by Crippen LogP contribution is -2.25. The fraction of sp³-hybridized carbons (Fsp3) is 0.500. The van der Waals surface area contributed by atoms with E-state index in [4.69, 9.17) is 17.3 Å². The van der Waals surface area contributed by atoms with Crippen LogP contribution >= 0.6 is 23.4 Å². The number of nitrogens with one attached hydrogen (secondary N) is 1. The van der Waals surface area contributed by atoms with Crippen molar-refractivity contribution in [1.82, 2.24) is 10.3 Å². The Morgan fingerprint density at radius 2 is 2.28 bits per heavy atom. The van der Waals surface area contributed by atoms with Gasteiger partial charge in [0, 0.05) is 12.7 Å². The maximum absolute atomic E-state index is 11.8. The Labute approximate surface area is 117 Å². The number of carbonyl (C=O) groups is 1. The average molecular weight is 288 g/mol. The zero-order valence-corrected chi connectivity index (χ0v) is 12.0. The molecule has 1 aromatic rings. The Bertz CT molecular complexity index is 401. The Morgan fingerprint density at radius 1 is 1.50 bits per heavy atom. The highest BCUT2D eigenvalue weighted by atomic mass is 35.5. The summed E-state index contributed by atoms with van der Waals surface area (Å²) in [5, 5.41) is 3.15. The van der Waals surface area contributed by atoms with Gasteiger partial charge in [0.2, 0.25) is 0 Å². The summed E-state index contributed by atoms with van der Waals surface area (Å²) in [5.41, 5.74) is 5.91. The first kappa shape index (κ1) is 15.1. The first-order chi connectivity index (χ1) is 8.65. The number of unbranched alkanes of at least 4 members (excludes halogenated alkanes) is 2. The van der Waals surface area contributed by atoms with Gasteiger partial charge in [-0.15, -0.1) is 0 Å². The Kier molecular flexibility index (Phi) is 6.90. The number of anilines is 1. The van der Waals surface area contributed by atoms with E-state index in [1.165, 1.54) is 24.4 Å². The third-order valence-electron chi connectivity index (χ3n) is 2.43. The predicted molar refractivity (Wildman–Crippen MR) is 78.2 cm³/mol. The van der Waals surface area contributed by atoms with Crippen molar-refractivity contribution >= 4 is 35.1 Å². The molecule has 0 bridgehead atoms. The quantitative estimate of drug-likeness (QED) is 0.757. The second-order valence-corrected chi connectivity index (χ2v) is 5.29. The van der Waals surface area contributed by atoms with Crippen LogP contribution < -0.4 is 11.1 Å². The molecule has 0 aromatic carbocycles. The van der Waals surface area contributed by atoms with E-state index in [2.05, 4.69) is 16.6 Å². The summed E-state index contributed by atoms with van der Waals surface area (Å²) in [6.07, 6.45) is 6.76. The monoisotopic (exact) mass is 287 g/mol. The minimum absolute atomic E-state index is 0.195. The number of rotatable bonds is 7. The molecule has 0 saturated carbocycles. The lowest BCUT2D eigenvalue weighted by Gasteiger charge is -2.07. The molecule has 0 aliphatic rings. The lowest BCUT2D eigenvalue weighted by molar-refractivity contribution is 0.0953. The number of nitrogens with zero attached hydrogens (tertiary/aromatic N) is 1. The van der Waals surface area contributed by atoms with Crippen LogP contribution in [0.15, 0.2) is 12.3 Å². The molecular weight excluding hydrogens is 270 g/mol. The van der Waals surface area contributed by atoms with Gasteiger partial charge in [-0.25, -0.2) is 4.98 Å². The molecule has 0 atom stereocenters. The minimum Gasteiger partial charge on any atom is -0.384 e. The molecule has 0 aliphatic heterocycles. The number of nitrogen functional groups attached to an aromatic ring is 1. The SMILES string of the molecule is CSCCCCCNC(=O)c1cc(N)ncc1Cl. The van der Waals surface area contributed by atoms with E-state index >= 15 is 0 Å². The zero-order chi connectivity index (χ0) is 13.4. The summed E-state index contributed by atoms with van der Waals surface area (Å²) in [4.78, 5) is 15.6. The summed E-state index contributed by atoms with van der Waals surface area (Å²) in [7, 11) is 0. The Morgan fingerprint density at radius 3 is 3.00 bits per heavy atom. The highest BCUT2D eigenvalue weighted by molar-refractivity contribution is 7.98. The van der Waals surface area contributed by atoms with E-state index in [0.717, 1.165) is 12.8 Å². The van der Waals surface area contributed by atoms with Crippen LogP contribution in [-0.2, 0) is 0 Å². The normalized spacial score (nSPS) is 10.3. The smallest absolute Gasteiger partial charge is 0.252 e. The third-order valence-corrected chi connectivity index (χ3v) is 3.43. The number of hydrogen-bond donors (Lipinski definition) is 2. The number of hydrogen-bond acceptors (Lipinski definition) is 4. The van der Waals surface area contributed by atoms with Crippen LogP contribution in [0.1, 0.15) is 29.6 Å². The second kappa shape index (κ2) is 8.21. The molecule has 18 heavy (non-hydrogen) atoms. The van der Waals surface area contributed by atoms with Gasteiger partial charge in [-0.2, -0.15) is 11.8 Å². The van der Waals surface area contributed by atoms with E-state index in [1.807, 2.05) is 11.8 Å². The first-order valence-corrected chi connectivity index (χ1v) is 7.60. The molecule has 0 saturated heterocycles. The molecule has 6 heteroatoms. The van der Waals surface area contributed by atoms with Crippen LogP contribution in [0.25, 0.3) is 0 Å². The molecule has 0 spiro atoms. The highest BCUT2D eigenvalue weighted by Gasteiger charge is 2.10. The molecule has 1 amide bonds. The zero-order valence-electron chi connectivity index (χ0n) is 10.4. The molecule has 4 nitrogen and oxygen atoms in total. The molecule has 100 valence electrons. The summed E-state index contributed by atoms with van der Waals surface area (Å²) in [6.45, 7) is 0.659. The van der Waals surface area contributed by atoms with Crippen LogP contribution in [0, 0.1) is 0 Å². The molecule has 0 unspecified atom stereocenters. The second-order valence-electron chi connectivity index (χ2n) is 3.90. The molecule has 0 radical (unpaired) electrons. The van der Waals surface area contributed by atoms with Crippen molar-refractivity contribution in [2.75, 3.05) is 24.3 Å². The van der Waals surface area contributed by atoms with E-state index in [1.54, 1.807) is 0 Å². The molecule has 1 rings (SSSR count). The standard InChI is InChI=1S/C12H18ClN3OS/c1-18-6-4-2-3-5-15-12(17)9-7-11(14)16-8-10(9)13/h7-8H,2-6H2,1H3,(H2,14,16)(H,15,17). The van der Waals surface area contributed by atoms with Gasteiger partial charge in [-0.3, -0.25) is 4.79 Å². The maximum Gasteiger partial charge on any atom is 0.252 e. The summed E-state index contributed by atoms with van der Waals surface area (Å²) in [6, 6.07) is 1.49. The number of amides is 1. The third kappa shape index (κ3) is 5.14. The number of carbonyl (C=O) groups excluding carboxylic acids is 1. The number of aromatic nitrogens is 1. The van der Waals surface area contributed by atoms with Gasteiger partial charge in [0.1, 0.15) is 5.82 Å². The highest BCUT2D eigenvalue weighted by Crippen LogP contribution is 2.16. The number of thioether (sulfide) groups is 1. The van der Waals surface area contributed by atoms with Crippen molar-refractivity contribution in [3.8, 4) is 0 Å². The summed E-state index contributed by atoms with van der Waals surface area (Å²) >= 11 is 7.73. The van der Waals surface area contributed by atoms with E-state index in [0.29, 0.717) is 22.9 Å². The van der Waals surface area contributed by atoms with E-state index in [-0.39, 0.29) is 5.91 Å². The van der Waals surface area contributed by atoms with E-state index in [9.17, 15) is 4.79 Å². The average Bonchev–Trinajstić information content (AvgIpc) is 2.36. The molecule has 1 heterocycles. The largest absolute Gasteiger partial charge is 0.384 e. The number of nitrogens with two attached hydrogens (primary N) is 1. The van der Waals surface area contributed by atoms with Crippen molar-refractivity contribution in [3.05, 3.63) is 22.8 Å². The fourth-order valence-electron chi connectivity index (χ4n) is 1.47. The molecule has 0 aliphatic carbocycles. The van der Waals surface area contributed by atoms with Crippen LogP contribution in [0.3, 0.4) is 0 Å². The van der Waals surface area contributed by atoms with Gasteiger partial charge in [0.25, 0.3) is 5.91 Å². The van der Waals surface area contributed by atoms with Gasteiger partial charge < -0.3 is 11.1 Å². The number of pyridine rings is 1. The maximum atomic E-state index is 11.8. The van der Waals surface area contributed by atoms with Crippen LogP contribution in [0.2, 0.25) is 5.02 Å². The van der Waals surface area contributed by atoms with Gasteiger partial charge >= 0.3 is 0 Å². The first-order valence-electron chi connectivity index (χ1n) is 5.83. The van der Waals surface area contributed by atoms with Crippen LogP contribution in [0.4, 0.5) is 5.82 Å².